The van der Waals surface area contributed by atoms with Gasteiger partial charge in [0, 0.05) is 18.6 Å². The summed E-state index contributed by atoms with van der Waals surface area (Å²) in [7, 11) is 0. The Balaban J connectivity index is 2.65. The summed E-state index contributed by atoms with van der Waals surface area (Å²) in [6.45, 7) is 6.65. The zero-order valence-electron chi connectivity index (χ0n) is 12.2. The van der Waals surface area contributed by atoms with Crippen LogP contribution in [0.3, 0.4) is 0 Å². The number of carboxylic acid groups (broad SMARTS) is 1. The first-order valence-electron chi connectivity index (χ1n) is 7.31. The standard InChI is InChI=1S/C14H26N2O3/c1-4-10(3)16(5-2)14(19)15-12-9-7-6-8-11(12)13(17)18/h10-12H,4-9H2,1-3H3,(H,15,19)(H,17,18). The summed E-state index contributed by atoms with van der Waals surface area (Å²) in [5.74, 6) is -1.23. The average molecular weight is 270 g/mol. The predicted octanol–water partition coefficient (Wildman–Crippen LogP) is 2.46. The second kappa shape index (κ2) is 7.36. The van der Waals surface area contributed by atoms with E-state index < -0.39 is 11.9 Å². The molecule has 0 saturated heterocycles. The summed E-state index contributed by atoms with van der Waals surface area (Å²) in [5.41, 5.74) is 0. The number of hydrogen-bond donors (Lipinski definition) is 2. The topological polar surface area (TPSA) is 69.6 Å². The van der Waals surface area contributed by atoms with Crippen LogP contribution in [0.5, 0.6) is 0 Å². The van der Waals surface area contributed by atoms with Crippen molar-refractivity contribution in [3.05, 3.63) is 0 Å². The maximum atomic E-state index is 12.2. The summed E-state index contributed by atoms with van der Waals surface area (Å²) < 4.78 is 0. The summed E-state index contributed by atoms with van der Waals surface area (Å²) in [4.78, 5) is 25.2. The smallest absolute Gasteiger partial charge is 0.317 e. The second-order valence-corrected chi connectivity index (χ2v) is 5.33. The maximum Gasteiger partial charge on any atom is 0.317 e. The Bertz CT molecular complexity index is 320. The third-order valence-electron chi connectivity index (χ3n) is 4.12. The highest BCUT2D eigenvalue weighted by molar-refractivity contribution is 5.77. The molecule has 0 aliphatic heterocycles. The molecule has 1 aliphatic rings. The quantitative estimate of drug-likeness (QED) is 0.806. The van der Waals surface area contributed by atoms with Crippen molar-refractivity contribution < 1.29 is 14.7 Å². The number of carbonyl (C=O) groups excluding carboxylic acids is 1. The van der Waals surface area contributed by atoms with Gasteiger partial charge >= 0.3 is 12.0 Å². The van der Waals surface area contributed by atoms with E-state index in [9.17, 15) is 14.7 Å². The highest BCUT2D eigenvalue weighted by Gasteiger charge is 2.33. The first-order chi connectivity index (χ1) is 9.01. The van der Waals surface area contributed by atoms with E-state index in [-0.39, 0.29) is 18.1 Å². The lowest BCUT2D eigenvalue weighted by Gasteiger charge is -2.33. The van der Waals surface area contributed by atoms with Crippen molar-refractivity contribution in [2.24, 2.45) is 5.92 Å². The monoisotopic (exact) mass is 270 g/mol. The number of nitrogens with one attached hydrogen (secondary N) is 1. The van der Waals surface area contributed by atoms with Crippen LogP contribution in [0, 0.1) is 5.92 Å². The van der Waals surface area contributed by atoms with Crippen LogP contribution >= 0.6 is 0 Å². The minimum Gasteiger partial charge on any atom is -0.481 e. The van der Waals surface area contributed by atoms with E-state index in [1.807, 2.05) is 20.8 Å². The molecule has 1 aliphatic carbocycles. The Morgan fingerprint density at radius 3 is 2.47 bits per heavy atom. The molecule has 0 bridgehead atoms. The molecule has 0 heterocycles. The van der Waals surface area contributed by atoms with Crippen molar-refractivity contribution in [2.75, 3.05) is 6.54 Å². The van der Waals surface area contributed by atoms with Crippen LogP contribution in [0.15, 0.2) is 0 Å². The largest absolute Gasteiger partial charge is 0.481 e. The first kappa shape index (κ1) is 15.8. The molecule has 19 heavy (non-hydrogen) atoms. The molecule has 0 aromatic carbocycles. The molecular weight excluding hydrogens is 244 g/mol. The lowest BCUT2D eigenvalue weighted by Crippen LogP contribution is -2.52. The van der Waals surface area contributed by atoms with E-state index in [2.05, 4.69) is 5.32 Å². The number of carbonyl (C=O) groups is 2. The predicted molar refractivity (Wildman–Crippen MR) is 74.0 cm³/mol. The van der Waals surface area contributed by atoms with Crippen molar-refractivity contribution in [3.63, 3.8) is 0 Å². The Labute approximate surface area is 115 Å². The van der Waals surface area contributed by atoms with Gasteiger partial charge in [0.05, 0.1) is 5.92 Å². The Hall–Kier alpha value is -1.26. The number of urea groups is 1. The molecule has 3 atom stereocenters. The van der Waals surface area contributed by atoms with Gasteiger partial charge in [-0.05, 0) is 33.1 Å². The van der Waals surface area contributed by atoms with Crippen LogP contribution in [-0.4, -0.2) is 40.6 Å². The molecule has 0 aromatic heterocycles. The number of carboxylic acids is 1. The Kier molecular flexibility index (Phi) is 6.12. The van der Waals surface area contributed by atoms with Crippen molar-refractivity contribution in [1.29, 1.82) is 0 Å². The number of nitrogens with zero attached hydrogens (tertiary/aromatic N) is 1. The van der Waals surface area contributed by atoms with Crippen LogP contribution in [0.1, 0.15) is 52.9 Å². The van der Waals surface area contributed by atoms with E-state index in [0.29, 0.717) is 13.0 Å². The SMILES string of the molecule is CCC(C)N(CC)C(=O)NC1CCCCC1C(=O)O. The van der Waals surface area contributed by atoms with Gasteiger partial charge in [-0.1, -0.05) is 19.8 Å². The van der Waals surface area contributed by atoms with Crippen LogP contribution in [0.4, 0.5) is 4.79 Å². The van der Waals surface area contributed by atoms with Gasteiger partial charge in [-0.25, -0.2) is 4.79 Å². The van der Waals surface area contributed by atoms with Crippen molar-refractivity contribution in [3.8, 4) is 0 Å². The van der Waals surface area contributed by atoms with E-state index in [0.717, 1.165) is 25.7 Å². The Morgan fingerprint density at radius 1 is 1.32 bits per heavy atom. The maximum absolute atomic E-state index is 12.2. The van der Waals surface area contributed by atoms with Crippen molar-refractivity contribution in [2.45, 2.75) is 65.0 Å². The molecule has 0 radical (unpaired) electrons. The Morgan fingerprint density at radius 2 is 1.95 bits per heavy atom. The third kappa shape index (κ3) is 4.11. The molecule has 1 rings (SSSR count). The molecule has 5 heteroatoms. The fraction of sp³-hybridized carbons (Fsp3) is 0.857. The minimum absolute atomic E-state index is 0.130. The lowest BCUT2D eigenvalue weighted by molar-refractivity contribution is -0.143. The average Bonchev–Trinajstić information content (AvgIpc) is 2.39. The van der Waals surface area contributed by atoms with Crippen LogP contribution in [0.25, 0.3) is 0 Å². The van der Waals surface area contributed by atoms with Gasteiger partial charge < -0.3 is 15.3 Å². The van der Waals surface area contributed by atoms with Gasteiger partial charge in [-0.15, -0.1) is 0 Å². The first-order valence-corrected chi connectivity index (χ1v) is 7.31. The van der Waals surface area contributed by atoms with Crippen LogP contribution < -0.4 is 5.32 Å². The van der Waals surface area contributed by atoms with E-state index in [1.54, 1.807) is 4.90 Å². The molecule has 2 N–H and O–H groups in total. The van der Waals surface area contributed by atoms with E-state index >= 15 is 0 Å². The zero-order chi connectivity index (χ0) is 14.4. The summed E-state index contributed by atoms with van der Waals surface area (Å²) in [6.07, 6.45) is 4.25. The fourth-order valence-corrected chi connectivity index (χ4v) is 2.72. The number of aliphatic carboxylic acids is 1. The molecule has 3 unspecified atom stereocenters. The van der Waals surface area contributed by atoms with Gasteiger partial charge in [0.25, 0.3) is 0 Å². The number of hydrogen-bond acceptors (Lipinski definition) is 2. The highest BCUT2D eigenvalue weighted by atomic mass is 16.4. The second-order valence-electron chi connectivity index (χ2n) is 5.33. The van der Waals surface area contributed by atoms with Crippen LogP contribution in [-0.2, 0) is 4.79 Å². The summed E-state index contributed by atoms with van der Waals surface area (Å²) in [5, 5.41) is 12.1. The molecule has 1 saturated carbocycles. The zero-order valence-corrected chi connectivity index (χ0v) is 12.2. The van der Waals surface area contributed by atoms with E-state index in [4.69, 9.17) is 0 Å². The molecule has 5 nitrogen and oxygen atoms in total. The van der Waals surface area contributed by atoms with Crippen molar-refractivity contribution in [1.82, 2.24) is 10.2 Å². The minimum atomic E-state index is -0.795. The van der Waals surface area contributed by atoms with E-state index in [1.165, 1.54) is 0 Å². The van der Waals surface area contributed by atoms with Gasteiger partial charge in [-0.3, -0.25) is 4.79 Å². The van der Waals surface area contributed by atoms with Gasteiger partial charge in [0.1, 0.15) is 0 Å². The molecule has 0 aromatic rings. The van der Waals surface area contributed by atoms with Crippen molar-refractivity contribution >= 4 is 12.0 Å². The van der Waals surface area contributed by atoms with Crippen LogP contribution in [0.2, 0.25) is 0 Å². The van der Waals surface area contributed by atoms with Gasteiger partial charge in [0.2, 0.25) is 0 Å². The van der Waals surface area contributed by atoms with Gasteiger partial charge in [-0.2, -0.15) is 0 Å². The van der Waals surface area contributed by atoms with Gasteiger partial charge in [0.15, 0.2) is 0 Å². The third-order valence-corrected chi connectivity index (χ3v) is 4.12. The summed E-state index contributed by atoms with van der Waals surface area (Å²) in [6, 6.07) is -0.177. The highest BCUT2D eigenvalue weighted by Crippen LogP contribution is 2.25. The molecule has 1 fully saturated rings. The molecule has 0 spiro atoms. The molecule has 110 valence electrons. The molecule has 2 amide bonds. The normalized spacial score (nSPS) is 24.6. The number of amides is 2. The fourth-order valence-electron chi connectivity index (χ4n) is 2.72. The lowest BCUT2D eigenvalue weighted by atomic mass is 9.84. The molecular formula is C14H26N2O3. The number of rotatable bonds is 5. The summed E-state index contributed by atoms with van der Waals surface area (Å²) >= 11 is 0.